The van der Waals surface area contributed by atoms with Gasteiger partial charge < -0.3 is 5.32 Å². The van der Waals surface area contributed by atoms with E-state index >= 15 is 0 Å². The van der Waals surface area contributed by atoms with Gasteiger partial charge in [0.25, 0.3) is 0 Å². The van der Waals surface area contributed by atoms with Crippen LogP contribution in [0, 0.1) is 5.92 Å². The molecule has 0 bridgehead atoms. The number of rotatable bonds is 3. The molecule has 1 heterocycles. The third kappa shape index (κ3) is 4.06. The largest absolute Gasteiger partial charge is 0.316 e. The van der Waals surface area contributed by atoms with Gasteiger partial charge in [-0.15, -0.1) is 0 Å². The minimum absolute atomic E-state index is 0.247. The van der Waals surface area contributed by atoms with Crippen LogP contribution in [0.1, 0.15) is 20.8 Å². The second-order valence-corrected chi connectivity index (χ2v) is 6.42. The van der Waals surface area contributed by atoms with Gasteiger partial charge >= 0.3 is 0 Å². The number of sulfonamides is 1. The Kier molecular flexibility index (Phi) is 2.99. The molecule has 0 atom stereocenters. The van der Waals surface area contributed by atoms with E-state index < -0.39 is 10.0 Å². The zero-order valence-corrected chi connectivity index (χ0v) is 9.24. The summed E-state index contributed by atoms with van der Waals surface area (Å²) in [6.45, 7) is 7.20. The normalized spacial score (nSPS) is 19.9. The SMILES string of the molecule is CC(C)(C)NS(=O)(=O)CC1CNC1. The molecule has 1 aliphatic heterocycles. The van der Waals surface area contributed by atoms with Crippen LogP contribution < -0.4 is 10.0 Å². The van der Waals surface area contributed by atoms with E-state index in [9.17, 15) is 8.42 Å². The fourth-order valence-corrected chi connectivity index (χ4v) is 3.16. The highest BCUT2D eigenvalue weighted by molar-refractivity contribution is 7.89. The van der Waals surface area contributed by atoms with Crippen LogP contribution >= 0.6 is 0 Å². The second-order valence-electron chi connectivity index (χ2n) is 4.66. The van der Waals surface area contributed by atoms with Crippen molar-refractivity contribution in [1.82, 2.24) is 10.0 Å². The molecule has 0 amide bonds. The first-order valence-corrected chi connectivity index (χ1v) is 6.16. The first-order valence-electron chi connectivity index (χ1n) is 4.51. The molecular weight excluding hydrogens is 188 g/mol. The van der Waals surface area contributed by atoms with Crippen molar-refractivity contribution < 1.29 is 8.42 Å². The summed E-state index contributed by atoms with van der Waals surface area (Å²) < 4.78 is 25.7. The fraction of sp³-hybridized carbons (Fsp3) is 1.00. The first-order chi connectivity index (χ1) is 5.79. The maximum Gasteiger partial charge on any atom is 0.212 e. The summed E-state index contributed by atoms with van der Waals surface area (Å²) in [5, 5.41) is 3.05. The van der Waals surface area contributed by atoms with E-state index in [1.165, 1.54) is 0 Å². The molecule has 1 saturated heterocycles. The molecule has 0 aromatic carbocycles. The monoisotopic (exact) mass is 206 g/mol. The number of hydrogen-bond acceptors (Lipinski definition) is 3. The smallest absolute Gasteiger partial charge is 0.212 e. The third-order valence-electron chi connectivity index (χ3n) is 1.78. The van der Waals surface area contributed by atoms with Crippen molar-refractivity contribution in [3.05, 3.63) is 0 Å². The minimum Gasteiger partial charge on any atom is -0.316 e. The van der Waals surface area contributed by atoms with Crippen molar-refractivity contribution in [1.29, 1.82) is 0 Å². The van der Waals surface area contributed by atoms with Crippen LogP contribution in [0.3, 0.4) is 0 Å². The Labute approximate surface area is 80.1 Å². The summed E-state index contributed by atoms with van der Waals surface area (Å²) in [6.07, 6.45) is 0. The van der Waals surface area contributed by atoms with E-state index in [1.54, 1.807) is 0 Å². The molecular formula is C8H18N2O2S. The van der Waals surface area contributed by atoms with Crippen molar-refractivity contribution in [2.75, 3.05) is 18.8 Å². The zero-order chi connectivity index (χ0) is 10.1. The van der Waals surface area contributed by atoms with E-state index in [0.717, 1.165) is 13.1 Å². The van der Waals surface area contributed by atoms with Crippen LogP contribution in [-0.2, 0) is 10.0 Å². The standard InChI is InChI=1S/C8H18N2O2S/c1-8(2,3)10-13(11,12)6-7-4-9-5-7/h7,9-10H,4-6H2,1-3H3. The Morgan fingerprint density at radius 1 is 1.38 bits per heavy atom. The molecule has 0 aromatic rings. The van der Waals surface area contributed by atoms with Gasteiger partial charge in [-0.25, -0.2) is 13.1 Å². The molecule has 0 spiro atoms. The van der Waals surface area contributed by atoms with Gasteiger partial charge in [0.1, 0.15) is 0 Å². The summed E-state index contributed by atoms with van der Waals surface area (Å²) in [5.74, 6) is 0.539. The molecule has 1 aliphatic rings. The maximum absolute atomic E-state index is 11.5. The lowest BCUT2D eigenvalue weighted by Crippen LogP contribution is -2.50. The Morgan fingerprint density at radius 2 is 1.92 bits per heavy atom. The molecule has 0 aliphatic carbocycles. The summed E-state index contributed by atoms with van der Waals surface area (Å²) in [4.78, 5) is 0. The zero-order valence-electron chi connectivity index (χ0n) is 8.42. The molecule has 78 valence electrons. The average Bonchev–Trinajstić information content (AvgIpc) is 1.73. The molecule has 0 saturated carbocycles. The van der Waals surface area contributed by atoms with Gasteiger partial charge in [-0.1, -0.05) is 0 Å². The van der Waals surface area contributed by atoms with Crippen molar-refractivity contribution in [3.63, 3.8) is 0 Å². The quantitative estimate of drug-likeness (QED) is 0.679. The van der Waals surface area contributed by atoms with Gasteiger partial charge in [0.15, 0.2) is 0 Å². The first kappa shape index (κ1) is 10.9. The highest BCUT2D eigenvalue weighted by Crippen LogP contribution is 2.09. The van der Waals surface area contributed by atoms with Crippen LogP contribution in [0.5, 0.6) is 0 Å². The molecule has 1 fully saturated rings. The molecule has 1 rings (SSSR count). The summed E-state index contributed by atoms with van der Waals surface area (Å²) >= 11 is 0. The molecule has 0 aromatic heterocycles. The molecule has 0 radical (unpaired) electrons. The van der Waals surface area contributed by atoms with E-state index in [1.807, 2.05) is 20.8 Å². The second kappa shape index (κ2) is 3.55. The summed E-state index contributed by atoms with van der Waals surface area (Å²) in [5.41, 5.74) is -0.365. The third-order valence-corrected chi connectivity index (χ3v) is 3.62. The van der Waals surface area contributed by atoms with Gasteiger partial charge in [-0.3, -0.25) is 0 Å². The predicted molar refractivity (Wildman–Crippen MR) is 53.0 cm³/mol. The molecule has 0 unspecified atom stereocenters. The molecule has 2 N–H and O–H groups in total. The van der Waals surface area contributed by atoms with Crippen LogP contribution in [0.25, 0.3) is 0 Å². The lowest BCUT2D eigenvalue weighted by Gasteiger charge is -2.28. The Morgan fingerprint density at radius 3 is 2.23 bits per heavy atom. The number of hydrogen-bond donors (Lipinski definition) is 2. The maximum atomic E-state index is 11.5. The van der Waals surface area contributed by atoms with Crippen molar-refractivity contribution in [2.24, 2.45) is 5.92 Å². The van der Waals surface area contributed by atoms with Crippen molar-refractivity contribution >= 4 is 10.0 Å². The average molecular weight is 206 g/mol. The van der Waals surface area contributed by atoms with Gasteiger partial charge in [0.05, 0.1) is 5.75 Å². The lowest BCUT2D eigenvalue weighted by atomic mass is 10.1. The Bertz CT molecular complexity index is 262. The van der Waals surface area contributed by atoms with E-state index in [4.69, 9.17) is 0 Å². The highest BCUT2D eigenvalue weighted by atomic mass is 32.2. The van der Waals surface area contributed by atoms with Crippen molar-refractivity contribution in [2.45, 2.75) is 26.3 Å². The highest BCUT2D eigenvalue weighted by Gasteiger charge is 2.26. The van der Waals surface area contributed by atoms with Gasteiger partial charge in [0, 0.05) is 18.6 Å². The van der Waals surface area contributed by atoms with Gasteiger partial charge in [0.2, 0.25) is 10.0 Å². The number of nitrogens with one attached hydrogen (secondary N) is 2. The van der Waals surface area contributed by atoms with Crippen LogP contribution in [0.2, 0.25) is 0 Å². The molecule has 5 heteroatoms. The Balaban J connectivity index is 2.46. The van der Waals surface area contributed by atoms with Gasteiger partial charge in [-0.2, -0.15) is 0 Å². The van der Waals surface area contributed by atoms with Crippen LogP contribution in [0.4, 0.5) is 0 Å². The van der Waals surface area contributed by atoms with Crippen molar-refractivity contribution in [3.8, 4) is 0 Å². The predicted octanol–water partition coefficient (Wildman–Crippen LogP) is -0.0763. The topological polar surface area (TPSA) is 58.2 Å². The minimum atomic E-state index is -3.09. The molecule has 4 nitrogen and oxygen atoms in total. The summed E-state index contributed by atoms with van der Waals surface area (Å²) in [6, 6.07) is 0. The van der Waals surface area contributed by atoms with Gasteiger partial charge in [-0.05, 0) is 26.7 Å². The Hall–Kier alpha value is -0.130. The van der Waals surface area contributed by atoms with E-state index in [0.29, 0.717) is 5.92 Å². The van der Waals surface area contributed by atoms with E-state index in [2.05, 4.69) is 10.0 Å². The lowest BCUT2D eigenvalue weighted by molar-refractivity contribution is 0.374. The van der Waals surface area contributed by atoms with E-state index in [-0.39, 0.29) is 11.3 Å². The fourth-order valence-electron chi connectivity index (χ4n) is 1.28. The van der Waals surface area contributed by atoms with Crippen LogP contribution in [0.15, 0.2) is 0 Å². The van der Waals surface area contributed by atoms with Crippen LogP contribution in [-0.4, -0.2) is 32.8 Å². The molecule has 13 heavy (non-hydrogen) atoms. The summed E-state index contributed by atoms with van der Waals surface area (Å²) in [7, 11) is -3.09.